The van der Waals surface area contributed by atoms with Gasteiger partial charge in [-0.05, 0) is 24.3 Å². The molecule has 5 heteroatoms. The van der Waals surface area contributed by atoms with Crippen molar-refractivity contribution >= 4 is 23.2 Å². The third-order valence-corrected chi connectivity index (χ3v) is 3.77. The lowest BCUT2D eigenvalue weighted by atomic mass is 10.2. The van der Waals surface area contributed by atoms with E-state index in [1.807, 2.05) is 24.3 Å². The van der Waals surface area contributed by atoms with Gasteiger partial charge in [0.25, 0.3) is 0 Å². The zero-order valence-electron chi connectivity index (χ0n) is 11.6. The minimum absolute atomic E-state index is 0.0605. The van der Waals surface area contributed by atoms with E-state index in [0.717, 1.165) is 4.88 Å². The Morgan fingerprint density at radius 1 is 1.24 bits per heavy atom. The number of thiophene rings is 1. The topological polar surface area (TPSA) is 59.4 Å². The number of hydrogen-bond donors (Lipinski definition) is 1. The molecule has 0 aliphatic heterocycles. The number of carbonyl (C=O) groups excluding carboxylic acids is 1. The molecular weight excluding hydrogens is 286 g/mol. The Hall–Kier alpha value is -2.40. The summed E-state index contributed by atoms with van der Waals surface area (Å²) in [7, 11) is 1.35. The van der Waals surface area contributed by atoms with Crippen molar-refractivity contribution in [1.29, 1.82) is 5.41 Å². The highest BCUT2D eigenvalue weighted by Gasteiger charge is 2.11. The fraction of sp³-hybridized carbons (Fsp3) is 0.125. The number of allylic oxidation sites excluding steroid dienone is 1. The summed E-state index contributed by atoms with van der Waals surface area (Å²) in [6.07, 6.45) is 0.455. The quantitative estimate of drug-likeness (QED) is 0.397. The van der Waals surface area contributed by atoms with Crippen molar-refractivity contribution in [2.75, 3.05) is 7.11 Å². The van der Waals surface area contributed by atoms with E-state index in [1.165, 1.54) is 18.4 Å². The zero-order valence-corrected chi connectivity index (χ0v) is 12.4. The third kappa shape index (κ3) is 4.03. The van der Waals surface area contributed by atoms with E-state index in [4.69, 9.17) is 10.1 Å². The monoisotopic (exact) mass is 301 g/mol. The van der Waals surface area contributed by atoms with Gasteiger partial charge in [0.05, 0.1) is 7.11 Å². The Morgan fingerprint density at radius 3 is 2.62 bits per heavy atom. The van der Waals surface area contributed by atoms with Gasteiger partial charge in [-0.15, -0.1) is 11.3 Å². The van der Waals surface area contributed by atoms with Gasteiger partial charge in [0.15, 0.2) is 0 Å². The molecule has 1 aromatic heterocycles. The predicted octanol–water partition coefficient (Wildman–Crippen LogP) is 3.63. The van der Waals surface area contributed by atoms with Crippen molar-refractivity contribution in [3.63, 3.8) is 0 Å². The average molecular weight is 301 g/mol. The first kappa shape index (κ1) is 15.0. The first-order chi connectivity index (χ1) is 10.1. The first-order valence-electron chi connectivity index (χ1n) is 6.27. The summed E-state index contributed by atoms with van der Waals surface area (Å²) in [6.45, 7) is 3.82. The maximum absolute atomic E-state index is 11.4. The second-order valence-corrected chi connectivity index (χ2v) is 5.44. The fourth-order valence-electron chi connectivity index (χ4n) is 1.71. The maximum Gasteiger partial charge on any atom is 0.348 e. The number of rotatable bonds is 5. The Bertz CT molecular complexity index is 661. The molecule has 4 nitrogen and oxygen atoms in total. The second-order valence-electron chi connectivity index (χ2n) is 4.27. The molecule has 0 unspecified atom stereocenters. The van der Waals surface area contributed by atoms with Gasteiger partial charge in [0.2, 0.25) is 5.90 Å². The average Bonchev–Trinajstić information content (AvgIpc) is 2.95. The largest absolute Gasteiger partial charge is 0.465 e. The highest BCUT2D eigenvalue weighted by Crippen LogP contribution is 2.20. The lowest BCUT2D eigenvalue weighted by Gasteiger charge is -2.08. The summed E-state index contributed by atoms with van der Waals surface area (Å²) in [5.74, 6) is 0.169. The number of ether oxygens (including phenoxy) is 2. The Morgan fingerprint density at radius 2 is 1.95 bits per heavy atom. The molecule has 108 valence electrons. The highest BCUT2D eigenvalue weighted by molar-refractivity contribution is 7.13. The van der Waals surface area contributed by atoms with Gasteiger partial charge >= 0.3 is 5.97 Å². The first-order valence-corrected chi connectivity index (χ1v) is 7.08. The SMILES string of the molecule is C=C(Cc1ccc(C(=O)OC)s1)OC(=N)c1ccccc1. The molecule has 0 fully saturated rings. The van der Waals surface area contributed by atoms with E-state index in [2.05, 4.69) is 11.3 Å². The van der Waals surface area contributed by atoms with Gasteiger partial charge in [0.1, 0.15) is 10.6 Å². The van der Waals surface area contributed by atoms with Crippen molar-refractivity contribution < 1.29 is 14.3 Å². The van der Waals surface area contributed by atoms with Crippen molar-refractivity contribution in [3.05, 3.63) is 70.1 Å². The van der Waals surface area contributed by atoms with Crippen LogP contribution in [-0.4, -0.2) is 19.0 Å². The zero-order chi connectivity index (χ0) is 15.2. The molecule has 2 aromatic rings. The van der Waals surface area contributed by atoms with Gasteiger partial charge < -0.3 is 9.47 Å². The lowest BCUT2D eigenvalue weighted by Crippen LogP contribution is -2.05. The van der Waals surface area contributed by atoms with Crippen LogP contribution in [0.15, 0.2) is 54.8 Å². The second kappa shape index (κ2) is 6.85. The van der Waals surface area contributed by atoms with Crippen LogP contribution in [0.3, 0.4) is 0 Å². The van der Waals surface area contributed by atoms with Crippen LogP contribution in [0.2, 0.25) is 0 Å². The van der Waals surface area contributed by atoms with E-state index in [9.17, 15) is 4.79 Å². The van der Waals surface area contributed by atoms with Crippen LogP contribution >= 0.6 is 11.3 Å². The summed E-state index contributed by atoms with van der Waals surface area (Å²) in [5.41, 5.74) is 0.695. The van der Waals surface area contributed by atoms with Gasteiger partial charge in [-0.2, -0.15) is 0 Å². The molecule has 0 bridgehead atoms. The molecule has 0 aliphatic carbocycles. The predicted molar refractivity (Wildman–Crippen MR) is 82.9 cm³/mol. The summed E-state index contributed by atoms with van der Waals surface area (Å²) < 4.78 is 10.1. The Balaban J connectivity index is 1.94. The van der Waals surface area contributed by atoms with E-state index in [0.29, 0.717) is 22.6 Å². The van der Waals surface area contributed by atoms with E-state index in [-0.39, 0.29) is 11.9 Å². The minimum Gasteiger partial charge on any atom is -0.465 e. The van der Waals surface area contributed by atoms with Crippen LogP contribution in [0.1, 0.15) is 20.1 Å². The van der Waals surface area contributed by atoms with Gasteiger partial charge in [0, 0.05) is 16.9 Å². The van der Waals surface area contributed by atoms with Crippen LogP contribution < -0.4 is 0 Å². The molecule has 21 heavy (non-hydrogen) atoms. The number of benzene rings is 1. The van der Waals surface area contributed by atoms with Crippen LogP contribution in [0, 0.1) is 5.41 Å². The molecule has 0 aliphatic rings. The third-order valence-electron chi connectivity index (χ3n) is 2.70. The molecule has 1 aromatic carbocycles. The summed E-state index contributed by atoms with van der Waals surface area (Å²) in [4.78, 5) is 12.8. The molecular formula is C16H15NO3S. The summed E-state index contributed by atoms with van der Waals surface area (Å²) in [5, 5.41) is 7.88. The lowest BCUT2D eigenvalue weighted by molar-refractivity contribution is 0.0606. The van der Waals surface area contributed by atoms with Crippen molar-refractivity contribution in [2.24, 2.45) is 0 Å². The number of esters is 1. The maximum atomic E-state index is 11.4. The van der Waals surface area contributed by atoms with Crippen LogP contribution in [0.25, 0.3) is 0 Å². The Kier molecular flexibility index (Phi) is 4.90. The number of carbonyl (C=O) groups is 1. The molecule has 2 rings (SSSR count). The normalized spacial score (nSPS) is 9.95. The number of methoxy groups -OCH3 is 1. The van der Waals surface area contributed by atoms with E-state index >= 15 is 0 Å². The molecule has 0 atom stereocenters. The molecule has 1 heterocycles. The molecule has 0 radical (unpaired) electrons. The van der Waals surface area contributed by atoms with Crippen LogP contribution in [0.4, 0.5) is 0 Å². The van der Waals surface area contributed by atoms with Gasteiger partial charge in [-0.3, -0.25) is 5.41 Å². The van der Waals surface area contributed by atoms with Crippen molar-refractivity contribution in [3.8, 4) is 0 Å². The summed E-state index contributed by atoms with van der Waals surface area (Å²) >= 11 is 1.33. The summed E-state index contributed by atoms with van der Waals surface area (Å²) in [6, 6.07) is 12.7. The van der Waals surface area contributed by atoms with Crippen LogP contribution in [-0.2, 0) is 15.9 Å². The number of nitrogens with one attached hydrogen (secondary N) is 1. The molecule has 0 amide bonds. The van der Waals surface area contributed by atoms with Crippen LogP contribution in [0.5, 0.6) is 0 Å². The van der Waals surface area contributed by atoms with E-state index < -0.39 is 0 Å². The van der Waals surface area contributed by atoms with Crippen molar-refractivity contribution in [2.45, 2.75) is 6.42 Å². The smallest absolute Gasteiger partial charge is 0.348 e. The highest BCUT2D eigenvalue weighted by atomic mass is 32.1. The van der Waals surface area contributed by atoms with Gasteiger partial charge in [-0.1, -0.05) is 24.8 Å². The molecule has 0 saturated carbocycles. The van der Waals surface area contributed by atoms with Crippen molar-refractivity contribution in [1.82, 2.24) is 0 Å². The van der Waals surface area contributed by atoms with Gasteiger partial charge in [-0.25, -0.2) is 4.79 Å². The fourth-order valence-corrected chi connectivity index (χ4v) is 2.66. The van der Waals surface area contributed by atoms with E-state index in [1.54, 1.807) is 18.2 Å². The minimum atomic E-state index is -0.352. The number of hydrogen-bond acceptors (Lipinski definition) is 5. The molecule has 0 saturated heterocycles. The molecule has 1 N–H and O–H groups in total. The Labute approximate surface area is 127 Å². The standard InChI is InChI=1S/C16H15NO3S/c1-11(20-15(17)12-6-4-3-5-7-12)10-13-8-9-14(21-13)16(18)19-2/h3-9,17H,1,10H2,2H3. The molecule has 0 spiro atoms.